The van der Waals surface area contributed by atoms with E-state index in [2.05, 4.69) is 13.2 Å². The van der Waals surface area contributed by atoms with Crippen molar-refractivity contribution in [3.8, 4) is 0 Å². The Kier molecular flexibility index (Phi) is 6.27. The summed E-state index contributed by atoms with van der Waals surface area (Å²) in [4.78, 5) is 0. The van der Waals surface area contributed by atoms with Crippen molar-refractivity contribution in [3.63, 3.8) is 0 Å². The molecule has 0 aromatic rings. The molecule has 0 amide bonds. The average molecular weight is 151 g/mol. The van der Waals surface area contributed by atoms with Crippen molar-refractivity contribution < 1.29 is 0 Å². The van der Waals surface area contributed by atoms with Gasteiger partial charge in [0.25, 0.3) is 0 Å². The fourth-order valence-electron chi connectivity index (χ4n) is 0.447. The molecule has 0 bridgehead atoms. The lowest BCUT2D eigenvalue weighted by Crippen LogP contribution is -2.05. The maximum absolute atomic E-state index is 5.34. The maximum atomic E-state index is 5.34. The van der Waals surface area contributed by atoms with E-state index in [-0.39, 0.29) is 0 Å². The Morgan fingerprint density at radius 2 is 2.25 bits per heavy atom. The summed E-state index contributed by atoms with van der Waals surface area (Å²) in [5, 5.41) is 0.718. The van der Waals surface area contributed by atoms with Crippen LogP contribution in [-0.4, -0.2) is 18.1 Å². The van der Waals surface area contributed by atoms with E-state index >= 15 is 0 Å². The highest BCUT2D eigenvalue weighted by atomic mass is 33.1. The molecule has 0 aliphatic heterocycles. The first-order valence-corrected chi connectivity index (χ1v) is 5.33. The molecule has 0 aliphatic rings. The highest BCUT2D eigenvalue weighted by Gasteiger charge is 1.97. The Bertz CT molecular complexity index is 43.7. The molecule has 0 aliphatic carbocycles. The van der Waals surface area contributed by atoms with Crippen molar-refractivity contribution in [2.24, 2.45) is 5.73 Å². The Morgan fingerprint density at radius 1 is 1.62 bits per heavy atom. The van der Waals surface area contributed by atoms with Crippen LogP contribution >= 0.6 is 21.6 Å². The van der Waals surface area contributed by atoms with Gasteiger partial charge in [0.2, 0.25) is 0 Å². The Balaban J connectivity index is 2.92. The summed E-state index contributed by atoms with van der Waals surface area (Å²) >= 11 is 0. The van der Waals surface area contributed by atoms with Gasteiger partial charge in [0.15, 0.2) is 0 Å². The van der Waals surface area contributed by atoms with Gasteiger partial charge in [0.05, 0.1) is 0 Å². The van der Waals surface area contributed by atoms with Gasteiger partial charge in [-0.1, -0.05) is 28.5 Å². The smallest absolute Gasteiger partial charge is 0.0135 e. The Hall–Kier alpha value is 0.660. The second kappa shape index (κ2) is 5.79. The van der Waals surface area contributed by atoms with Gasteiger partial charge < -0.3 is 5.73 Å². The highest BCUT2D eigenvalue weighted by molar-refractivity contribution is 8.76. The molecule has 0 spiro atoms. The summed E-state index contributed by atoms with van der Waals surface area (Å²) in [5.74, 6) is 0. The molecule has 1 unspecified atom stereocenters. The topological polar surface area (TPSA) is 26.0 Å². The molecule has 0 aromatic carbocycles. The predicted molar refractivity (Wildman–Crippen MR) is 44.2 cm³/mol. The molecule has 2 N–H and O–H groups in total. The van der Waals surface area contributed by atoms with Crippen LogP contribution in [0.4, 0.5) is 0 Å². The van der Waals surface area contributed by atoms with E-state index < -0.39 is 0 Å². The third-order valence-electron chi connectivity index (χ3n) is 0.834. The van der Waals surface area contributed by atoms with Gasteiger partial charge in [-0.15, -0.1) is 0 Å². The van der Waals surface area contributed by atoms with Crippen molar-refractivity contribution >= 4 is 21.6 Å². The van der Waals surface area contributed by atoms with Gasteiger partial charge in [-0.3, -0.25) is 0 Å². The molecular formula is C5H13NS2. The van der Waals surface area contributed by atoms with Crippen LogP contribution in [0.2, 0.25) is 0 Å². The fraction of sp³-hybridized carbons (Fsp3) is 1.00. The lowest BCUT2D eigenvalue weighted by atomic mass is 10.3. The summed E-state index contributed by atoms with van der Waals surface area (Å²) in [7, 11) is 3.70. The minimum atomic E-state index is 0.718. The highest BCUT2D eigenvalue weighted by Crippen LogP contribution is 2.24. The van der Waals surface area contributed by atoms with Gasteiger partial charge in [0, 0.05) is 5.25 Å². The van der Waals surface area contributed by atoms with E-state index in [9.17, 15) is 0 Å². The predicted octanol–water partition coefficient (Wildman–Crippen LogP) is 1.73. The monoisotopic (exact) mass is 151 g/mol. The molecule has 0 heterocycles. The van der Waals surface area contributed by atoms with Crippen LogP contribution in [0.1, 0.15) is 13.3 Å². The van der Waals surface area contributed by atoms with E-state index in [1.54, 1.807) is 0 Å². The minimum absolute atomic E-state index is 0.718. The summed E-state index contributed by atoms with van der Waals surface area (Å²) < 4.78 is 0. The standard InChI is InChI=1S/C5H13NS2/c1-5(3-4-6)8-7-2/h5H,3-4,6H2,1-2H3. The van der Waals surface area contributed by atoms with E-state index in [1.807, 2.05) is 21.6 Å². The van der Waals surface area contributed by atoms with Crippen LogP contribution in [0.25, 0.3) is 0 Å². The van der Waals surface area contributed by atoms with Crippen LogP contribution in [0.5, 0.6) is 0 Å². The molecule has 3 heteroatoms. The zero-order valence-electron chi connectivity index (χ0n) is 5.39. The van der Waals surface area contributed by atoms with Gasteiger partial charge in [-0.2, -0.15) is 0 Å². The van der Waals surface area contributed by atoms with Crippen LogP contribution < -0.4 is 5.73 Å². The first-order valence-electron chi connectivity index (χ1n) is 2.70. The first-order chi connectivity index (χ1) is 3.81. The molecule has 1 atom stereocenters. The molecule has 1 nitrogen and oxygen atoms in total. The van der Waals surface area contributed by atoms with E-state index in [0.717, 1.165) is 18.2 Å². The summed E-state index contributed by atoms with van der Waals surface area (Å²) in [5.41, 5.74) is 5.34. The van der Waals surface area contributed by atoms with Crippen LogP contribution in [0, 0.1) is 0 Å². The van der Waals surface area contributed by atoms with Gasteiger partial charge >= 0.3 is 0 Å². The van der Waals surface area contributed by atoms with E-state index in [1.165, 1.54) is 0 Å². The third-order valence-corrected chi connectivity index (χ3v) is 3.15. The summed E-state index contributed by atoms with van der Waals surface area (Å²) in [6.07, 6.45) is 3.23. The molecule has 0 saturated heterocycles. The molecular weight excluding hydrogens is 138 g/mol. The zero-order chi connectivity index (χ0) is 6.41. The van der Waals surface area contributed by atoms with Crippen molar-refractivity contribution in [1.82, 2.24) is 0 Å². The fourth-order valence-corrected chi connectivity index (χ4v) is 2.28. The van der Waals surface area contributed by atoms with Crippen molar-refractivity contribution in [2.75, 3.05) is 12.8 Å². The quantitative estimate of drug-likeness (QED) is 0.620. The largest absolute Gasteiger partial charge is 0.330 e. The number of hydrogen-bond donors (Lipinski definition) is 1. The first kappa shape index (κ1) is 8.66. The lowest BCUT2D eigenvalue weighted by molar-refractivity contribution is 0.827. The van der Waals surface area contributed by atoms with Gasteiger partial charge in [-0.25, -0.2) is 0 Å². The number of hydrogen-bond acceptors (Lipinski definition) is 3. The lowest BCUT2D eigenvalue weighted by Gasteiger charge is -2.04. The zero-order valence-corrected chi connectivity index (χ0v) is 7.02. The van der Waals surface area contributed by atoms with Crippen LogP contribution in [0.15, 0.2) is 0 Å². The molecule has 0 radical (unpaired) electrons. The normalized spacial score (nSPS) is 13.9. The van der Waals surface area contributed by atoms with Gasteiger partial charge in [-0.05, 0) is 19.2 Å². The molecule has 50 valence electrons. The molecule has 0 saturated carbocycles. The SMILES string of the molecule is CSSC(C)CCN. The van der Waals surface area contributed by atoms with Crippen molar-refractivity contribution in [3.05, 3.63) is 0 Å². The second-order valence-corrected chi connectivity index (χ2v) is 4.56. The number of rotatable bonds is 4. The van der Waals surface area contributed by atoms with Gasteiger partial charge in [0.1, 0.15) is 0 Å². The van der Waals surface area contributed by atoms with Crippen LogP contribution in [0.3, 0.4) is 0 Å². The Labute approximate surface area is 59.2 Å². The maximum Gasteiger partial charge on any atom is 0.0135 e. The Morgan fingerprint density at radius 3 is 2.62 bits per heavy atom. The second-order valence-electron chi connectivity index (χ2n) is 1.65. The molecule has 8 heavy (non-hydrogen) atoms. The van der Waals surface area contributed by atoms with E-state index in [4.69, 9.17) is 5.73 Å². The number of nitrogens with two attached hydrogens (primary N) is 1. The van der Waals surface area contributed by atoms with E-state index in [0.29, 0.717) is 0 Å². The third kappa shape index (κ3) is 4.81. The molecule has 0 aromatic heterocycles. The molecule has 0 rings (SSSR count). The average Bonchev–Trinajstić information content (AvgIpc) is 1.68. The van der Waals surface area contributed by atoms with Crippen LogP contribution in [-0.2, 0) is 0 Å². The van der Waals surface area contributed by atoms with Crippen molar-refractivity contribution in [1.29, 1.82) is 0 Å². The van der Waals surface area contributed by atoms with Crippen molar-refractivity contribution in [2.45, 2.75) is 18.6 Å². The summed E-state index contributed by atoms with van der Waals surface area (Å²) in [6, 6.07) is 0. The summed E-state index contributed by atoms with van der Waals surface area (Å²) in [6.45, 7) is 3.02. The molecule has 0 fully saturated rings. The minimum Gasteiger partial charge on any atom is -0.330 e.